The Balaban J connectivity index is 1.96. The van der Waals surface area contributed by atoms with Gasteiger partial charge in [0.05, 0.1) is 11.4 Å². The fourth-order valence-electron chi connectivity index (χ4n) is 3.54. The van der Waals surface area contributed by atoms with Crippen LogP contribution in [0, 0.1) is 11.3 Å². The Morgan fingerprint density at radius 3 is 2.89 bits per heavy atom. The van der Waals surface area contributed by atoms with E-state index in [0.717, 1.165) is 18.8 Å². The average molecular weight is 323 g/mol. The maximum absolute atomic E-state index is 12.3. The van der Waals surface area contributed by atoms with Gasteiger partial charge in [-0.3, -0.25) is 4.79 Å². The van der Waals surface area contributed by atoms with Gasteiger partial charge in [0.2, 0.25) is 0 Å². The van der Waals surface area contributed by atoms with Gasteiger partial charge in [-0.1, -0.05) is 41.9 Å². The molecule has 3 unspecified atom stereocenters. The first kappa shape index (κ1) is 13.2. The molecule has 0 bridgehead atoms. The third-order valence-corrected chi connectivity index (χ3v) is 5.09. The third kappa shape index (κ3) is 1.94. The van der Waals surface area contributed by atoms with Crippen LogP contribution in [0.5, 0.6) is 5.75 Å². The summed E-state index contributed by atoms with van der Waals surface area (Å²) in [7, 11) is 0. The number of rotatable bonds is 3. The normalized spacial score (nSPS) is 28.4. The topological polar surface area (TPSA) is 26.3 Å². The molecule has 0 saturated heterocycles. The van der Waals surface area contributed by atoms with E-state index in [1.807, 2.05) is 19.1 Å². The fourth-order valence-corrected chi connectivity index (χ4v) is 3.82. The number of carbonyl (C=O) groups is 1. The molecular formula is C16H19BrO2. The number of Topliss-reactive ketones (excluding diaryl/α,β-unsaturated/α-hetero) is 1. The molecule has 0 aromatic heterocycles. The van der Waals surface area contributed by atoms with Crippen LogP contribution in [0.4, 0.5) is 0 Å². The lowest BCUT2D eigenvalue weighted by atomic mass is 9.96. The molecule has 3 heteroatoms. The van der Waals surface area contributed by atoms with Gasteiger partial charge in [0.15, 0.2) is 0 Å². The van der Waals surface area contributed by atoms with Gasteiger partial charge in [-0.15, -0.1) is 0 Å². The summed E-state index contributed by atoms with van der Waals surface area (Å²) < 4.78 is 5.63. The summed E-state index contributed by atoms with van der Waals surface area (Å²) in [4.78, 5) is 12.3. The van der Waals surface area contributed by atoms with E-state index >= 15 is 0 Å². The minimum atomic E-state index is -0.0604. The molecule has 1 aliphatic heterocycles. The first-order chi connectivity index (χ1) is 8.94. The summed E-state index contributed by atoms with van der Waals surface area (Å²) in [5.41, 5.74) is 2.71. The molecule has 2 nitrogen and oxygen atoms in total. The van der Waals surface area contributed by atoms with Gasteiger partial charge in [0.25, 0.3) is 0 Å². The molecule has 1 fully saturated rings. The number of hydrogen-bond donors (Lipinski definition) is 0. The Kier molecular flexibility index (Phi) is 3.01. The molecule has 1 aromatic rings. The minimum absolute atomic E-state index is 0.0604. The highest BCUT2D eigenvalue weighted by Gasteiger charge is 2.62. The Morgan fingerprint density at radius 1 is 1.47 bits per heavy atom. The van der Waals surface area contributed by atoms with Crippen molar-refractivity contribution in [2.75, 3.05) is 6.61 Å². The summed E-state index contributed by atoms with van der Waals surface area (Å²) in [6.07, 6.45) is 0.975. The highest BCUT2D eigenvalue weighted by molar-refractivity contribution is 9.10. The molecule has 0 radical (unpaired) electrons. The maximum Gasteiger partial charge on any atom is 0.150 e. The molecule has 0 amide bonds. The summed E-state index contributed by atoms with van der Waals surface area (Å²) >= 11 is 3.42. The van der Waals surface area contributed by atoms with Crippen LogP contribution in [0.2, 0.25) is 0 Å². The third-order valence-electron chi connectivity index (χ3n) is 4.64. The molecule has 1 heterocycles. The van der Waals surface area contributed by atoms with Crippen LogP contribution >= 0.6 is 15.9 Å². The predicted octanol–water partition coefficient (Wildman–Crippen LogP) is 3.71. The molecule has 0 spiro atoms. The number of halogens is 1. The van der Waals surface area contributed by atoms with Crippen LogP contribution in [0.25, 0.3) is 0 Å². The lowest BCUT2D eigenvalue weighted by Crippen LogP contribution is -2.15. The predicted molar refractivity (Wildman–Crippen MR) is 79.0 cm³/mol. The van der Waals surface area contributed by atoms with Crippen molar-refractivity contribution in [1.29, 1.82) is 0 Å². The molecule has 1 aromatic carbocycles. The second kappa shape index (κ2) is 4.34. The summed E-state index contributed by atoms with van der Waals surface area (Å²) in [5, 5.41) is 0. The van der Waals surface area contributed by atoms with Crippen LogP contribution in [-0.2, 0) is 11.2 Å². The second-order valence-corrected chi connectivity index (χ2v) is 7.59. The van der Waals surface area contributed by atoms with Crippen molar-refractivity contribution in [3.05, 3.63) is 29.3 Å². The lowest BCUT2D eigenvalue weighted by molar-refractivity contribution is -0.120. The fraction of sp³-hybridized carbons (Fsp3) is 0.562. The van der Waals surface area contributed by atoms with E-state index in [0.29, 0.717) is 11.7 Å². The number of carbonyl (C=O) groups excluding carboxylic acids is 1. The molecule has 102 valence electrons. The Morgan fingerprint density at radius 2 is 2.21 bits per heavy atom. The van der Waals surface area contributed by atoms with E-state index in [1.54, 1.807) is 0 Å². The molecule has 3 atom stereocenters. The van der Waals surface area contributed by atoms with E-state index < -0.39 is 0 Å². The summed E-state index contributed by atoms with van der Waals surface area (Å²) in [5.74, 6) is 1.82. The van der Waals surface area contributed by atoms with Crippen LogP contribution in [-0.4, -0.2) is 17.2 Å². The van der Waals surface area contributed by atoms with E-state index in [4.69, 9.17) is 4.74 Å². The molecule has 2 aliphatic rings. The van der Waals surface area contributed by atoms with Crippen molar-refractivity contribution in [2.24, 2.45) is 11.3 Å². The highest BCUT2D eigenvalue weighted by Crippen LogP contribution is 2.66. The molecular weight excluding hydrogens is 304 g/mol. The number of ether oxygens (including phenoxy) is 1. The van der Waals surface area contributed by atoms with Crippen molar-refractivity contribution in [3.8, 4) is 5.75 Å². The molecule has 1 saturated carbocycles. The zero-order valence-corrected chi connectivity index (χ0v) is 13.2. The van der Waals surface area contributed by atoms with Gasteiger partial charge in [0.1, 0.15) is 11.5 Å². The van der Waals surface area contributed by atoms with Gasteiger partial charge in [-0.05, 0) is 24.0 Å². The van der Waals surface area contributed by atoms with Crippen molar-refractivity contribution >= 4 is 21.7 Å². The largest absolute Gasteiger partial charge is 0.493 e. The van der Waals surface area contributed by atoms with Crippen molar-refractivity contribution in [3.63, 3.8) is 0 Å². The molecule has 19 heavy (non-hydrogen) atoms. The van der Waals surface area contributed by atoms with E-state index in [1.165, 1.54) is 11.1 Å². The number of alkyl halides is 1. The number of ketones is 1. The number of fused-ring (bicyclic) bond motifs is 1. The van der Waals surface area contributed by atoms with E-state index in [2.05, 4.69) is 35.8 Å². The minimum Gasteiger partial charge on any atom is -0.493 e. The van der Waals surface area contributed by atoms with Crippen LogP contribution < -0.4 is 4.74 Å². The van der Waals surface area contributed by atoms with E-state index in [9.17, 15) is 4.79 Å². The summed E-state index contributed by atoms with van der Waals surface area (Å²) in [6.45, 7) is 7.09. The van der Waals surface area contributed by atoms with Crippen LogP contribution in [0.3, 0.4) is 0 Å². The van der Waals surface area contributed by atoms with Crippen molar-refractivity contribution in [2.45, 2.75) is 37.9 Å². The second-order valence-electron chi connectivity index (χ2n) is 6.22. The van der Waals surface area contributed by atoms with E-state index in [-0.39, 0.29) is 16.2 Å². The summed E-state index contributed by atoms with van der Waals surface area (Å²) in [6, 6.07) is 6.25. The molecule has 0 N–H and O–H groups in total. The van der Waals surface area contributed by atoms with Crippen LogP contribution in [0.15, 0.2) is 18.2 Å². The quantitative estimate of drug-likeness (QED) is 0.793. The highest BCUT2D eigenvalue weighted by atomic mass is 79.9. The number of hydrogen-bond acceptors (Lipinski definition) is 2. The van der Waals surface area contributed by atoms with Crippen molar-refractivity contribution < 1.29 is 9.53 Å². The monoisotopic (exact) mass is 322 g/mol. The molecule has 3 rings (SSSR count). The Labute approximate surface area is 122 Å². The standard InChI is InChI=1S/C16H19BrO2/c1-9(17)15(18)14-13(16(14,2)3)11-5-4-6-12-10(11)7-8-19-12/h4-6,9,13-14H,7-8H2,1-3H3. The maximum atomic E-state index is 12.3. The SMILES string of the molecule is CC(Br)C(=O)C1C(c2cccc3c2CCO3)C1(C)C. The average Bonchev–Trinajstić information content (AvgIpc) is 2.75. The Bertz CT molecular complexity index is 534. The van der Waals surface area contributed by atoms with Gasteiger partial charge in [0, 0.05) is 23.8 Å². The van der Waals surface area contributed by atoms with Gasteiger partial charge >= 0.3 is 0 Å². The van der Waals surface area contributed by atoms with Gasteiger partial charge in [-0.2, -0.15) is 0 Å². The van der Waals surface area contributed by atoms with Gasteiger partial charge in [-0.25, -0.2) is 0 Å². The first-order valence-corrected chi connectivity index (χ1v) is 7.78. The van der Waals surface area contributed by atoms with Crippen LogP contribution in [0.1, 0.15) is 37.8 Å². The lowest BCUT2D eigenvalue weighted by Gasteiger charge is -2.08. The van der Waals surface area contributed by atoms with Crippen molar-refractivity contribution in [1.82, 2.24) is 0 Å². The Hall–Kier alpha value is -0.830. The zero-order chi connectivity index (χ0) is 13.8. The molecule has 1 aliphatic carbocycles. The number of benzene rings is 1. The zero-order valence-electron chi connectivity index (χ0n) is 11.6. The first-order valence-electron chi connectivity index (χ1n) is 6.87. The van der Waals surface area contributed by atoms with Gasteiger partial charge < -0.3 is 4.74 Å². The smallest absolute Gasteiger partial charge is 0.150 e.